The molecule has 2 aromatic rings. The van der Waals surface area contributed by atoms with Gasteiger partial charge in [0.05, 0.1) is 18.2 Å². The van der Waals surface area contributed by atoms with E-state index < -0.39 is 0 Å². The fraction of sp³-hybridized carbons (Fsp3) is 0.571. The Kier molecular flexibility index (Phi) is 3.38. The van der Waals surface area contributed by atoms with E-state index in [9.17, 15) is 0 Å². The molecular weight excluding hydrogens is 240 g/mol. The second kappa shape index (κ2) is 5.17. The molecule has 1 saturated heterocycles. The summed E-state index contributed by atoms with van der Waals surface area (Å²) in [6.07, 6.45) is 9.25. The number of nitrogens with zero attached hydrogens (tertiary/aromatic N) is 3. The summed E-state index contributed by atoms with van der Waals surface area (Å²) in [4.78, 5) is 8.54. The second-order valence-electron chi connectivity index (χ2n) is 5.36. The van der Waals surface area contributed by atoms with Gasteiger partial charge in [-0.3, -0.25) is 0 Å². The third-order valence-corrected chi connectivity index (χ3v) is 3.69. The molecule has 3 rings (SSSR count). The van der Waals surface area contributed by atoms with E-state index in [1.54, 1.807) is 6.20 Å². The maximum Gasteiger partial charge on any atom is 0.214 e. The molecule has 0 bridgehead atoms. The molecule has 19 heavy (non-hydrogen) atoms. The molecule has 2 atom stereocenters. The fourth-order valence-corrected chi connectivity index (χ4v) is 2.75. The molecule has 0 amide bonds. The van der Waals surface area contributed by atoms with Crippen LogP contribution in [0.4, 0.5) is 0 Å². The van der Waals surface area contributed by atoms with Gasteiger partial charge in [-0.05, 0) is 33.1 Å². The quantitative estimate of drug-likeness (QED) is 0.921. The van der Waals surface area contributed by atoms with Gasteiger partial charge >= 0.3 is 0 Å². The third kappa shape index (κ3) is 2.71. The minimum absolute atomic E-state index is 0.391. The van der Waals surface area contributed by atoms with Gasteiger partial charge in [0.15, 0.2) is 0 Å². The van der Waals surface area contributed by atoms with Crippen molar-refractivity contribution in [2.24, 2.45) is 0 Å². The number of rotatable bonds is 3. The topological polar surface area (TPSA) is 55.9 Å². The molecular formula is C14H20N4O. The highest BCUT2D eigenvalue weighted by atomic mass is 16.4. The first kappa shape index (κ1) is 12.4. The van der Waals surface area contributed by atoms with Crippen molar-refractivity contribution >= 4 is 0 Å². The number of aromatic nitrogens is 3. The number of oxazole rings is 1. The van der Waals surface area contributed by atoms with Crippen LogP contribution in [-0.2, 0) is 6.54 Å². The first-order valence-electron chi connectivity index (χ1n) is 6.90. The van der Waals surface area contributed by atoms with Gasteiger partial charge < -0.3 is 14.3 Å². The summed E-state index contributed by atoms with van der Waals surface area (Å²) in [6.45, 7) is 4.80. The molecule has 1 fully saturated rings. The molecule has 2 unspecified atom stereocenters. The zero-order valence-electron chi connectivity index (χ0n) is 11.5. The highest BCUT2D eigenvalue weighted by molar-refractivity contribution is 5.08. The molecule has 0 radical (unpaired) electrons. The zero-order chi connectivity index (χ0) is 13.2. The average molecular weight is 260 g/mol. The summed E-state index contributed by atoms with van der Waals surface area (Å²) in [7, 11) is 0. The molecule has 3 heterocycles. The normalized spacial score (nSPS) is 23.7. The van der Waals surface area contributed by atoms with Crippen molar-refractivity contribution in [2.45, 2.75) is 51.7 Å². The number of aryl methyl sites for hydroxylation is 1. The predicted molar refractivity (Wildman–Crippen MR) is 71.8 cm³/mol. The molecule has 102 valence electrons. The Balaban J connectivity index is 1.78. The van der Waals surface area contributed by atoms with Gasteiger partial charge in [-0.25, -0.2) is 9.97 Å². The Morgan fingerprint density at radius 1 is 1.42 bits per heavy atom. The molecule has 0 spiro atoms. The lowest BCUT2D eigenvalue weighted by molar-refractivity contribution is 0.328. The minimum Gasteiger partial charge on any atom is -0.444 e. The summed E-state index contributed by atoms with van der Waals surface area (Å²) in [5.74, 6) is 1.58. The molecule has 1 aliphatic rings. The molecule has 0 aromatic carbocycles. The average Bonchev–Trinajstić information content (AvgIpc) is 2.99. The Morgan fingerprint density at radius 2 is 2.32 bits per heavy atom. The van der Waals surface area contributed by atoms with E-state index in [2.05, 4.69) is 26.8 Å². The SMILES string of the molecule is Cc1cnc(Cn2cncc2C2CCCC(C)N2)o1. The molecule has 1 aliphatic heterocycles. The third-order valence-electron chi connectivity index (χ3n) is 3.69. The largest absolute Gasteiger partial charge is 0.444 e. The van der Waals surface area contributed by atoms with Crippen molar-refractivity contribution in [1.82, 2.24) is 19.9 Å². The van der Waals surface area contributed by atoms with Gasteiger partial charge in [0, 0.05) is 18.3 Å². The monoisotopic (exact) mass is 260 g/mol. The van der Waals surface area contributed by atoms with Crippen LogP contribution in [0.15, 0.2) is 23.1 Å². The van der Waals surface area contributed by atoms with Crippen LogP contribution >= 0.6 is 0 Å². The van der Waals surface area contributed by atoms with E-state index in [4.69, 9.17) is 4.42 Å². The maximum absolute atomic E-state index is 5.54. The van der Waals surface area contributed by atoms with Gasteiger partial charge in [0.2, 0.25) is 5.89 Å². The van der Waals surface area contributed by atoms with Crippen molar-refractivity contribution in [1.29, 1.82) is 0 Å². The first-order chi connectivity index (χ1) is 9.22. The lowest BCUT2D eigenvalue weighted by Gasteiger charge is -2.29. The maximum atomic E-state index is 5.54. The lowest BCUT2D eigenvalue weighted by Crippen LogP contribution is -2.35. The van der Waals surface area contributed by atoms with Crippen LogP contribution in [0.5, 0.6) is 0 Å². The number of hydrogen-bond acceptors (Lipinski definition) is 4. The van der Waals surface area contributed by atoms with Crippen LogP contribution in [0.2, 0.25) is 0 Å². The Labute approximate surface area is 113 Å². The summed E-state index contributed by atoms with van der Waals surface area (Å²) in [5.41, 5.74) is 1.22. The van der Waals surface area contributed by atoms with Crippen molar-refractivity contribution in [3.63, 3.8) is 0 Å². The van der Waals surface area contributed by atoms with E-state index in [1.807, 2.05) is 19.4 Å². The van der Waals surface area contributed by atoms with Crippen LogP contribution in [0.1, 0.15) is 49.6 Å². The van der Waals surface area contributed by atoms with Crippen LogP contribution in [0.25, 0.3) is 0 Å². The van der Waals surface area contributed by atoms with E-state index in [0.29, 0.717) is 18.6 Å². The summed E-state index contributed by atoms with van der Waals surface area (Å²) in [6, 6.07) is 0.966. The highest BCUT2D eigenvalue weighted by Crippen LogP contribution is 2.25. The van der Waals surface area contributed by atoms with Gasteiger partial charge in [0.25, 0.3) is 0 Å². The van der Waals surface area contributed by atoms with E-state index in [0.717, 1.165) is 11.7 Å². The minimum atomic E-state index is 0.391. The molecule has 5 heteroatoms. The second-order valence-corrected chi connectivity index (χ2v) is 5.36. The van der Waals surface area contributed by atoms with Gasteiger partial charge in [-0.2, -0.15) is 0 Å². The Bertz CT molecular complexity index is 545. The number of piperidine rings is 1. The number of nitrogens with one attached hydrogen (secondary N) is 1. The van der Waals surface area contributed by atoms with E-state index >= 15 is 0 Å². The first-order valence-corrected chi connectivity index (χ1v) is 6.90. The smallest absolute Gasteiger partial charge is 0.214 e. The molecule has 5 nitrogen and oxygen atoms in total. The van der Waals surface area contributed by atoms with Crippen LogP contribution < -0.4 is 5.32 Å². The van der Waals surface area contributed by atoms with Crippen molar-refractivity contribution < 1.29 is 4.42 Å². The summed E-state index contributed by atoms with van der Waals surface area (Å²) >= 11 is 0. The van der Waals surface area contributed by atoms with Crippen molar-refractivity contribution in [3.8, 4) is 0 Å². The number of imidazole rings is 1. The van der Waals surface area contributed by atoms with Crippen LogP contribution in [0.3, 0.4) is 0 Å². The van der Waals surface area contributed by atoms with E-state index in [1.165, 1.54) is 25.0 Å². The van der Waals surface area contributed by atoms with Gasteiger partial charge in [-0.15, -0.1) is 0 Å². The highest BCUT2D eigenvalue weighted by Gasteiger charge is 2.22. The lowest BCUT2D eigenvalue weighted by atomic mass is 9.97. The molecule has 2 aromatic heterocycles. The van der Waals surface area contributed by atoms with Crippen molar-refractivity contribution in [3.05, 3.63) is 36.1 Å². The van der Waals surface area contributed by atoms with Crippen LogP contribution in [0, 0.1) is 6.92 Å². The fourth-order valence-electron chi connectivity index (χ4n) is 2.75. The predicted octanol–water partition coefficient (Wildman–Crippen LogP) is 2.43. The summed E-state index contributed by atoms with van der Waals surface area (Å²) < 4.78 is 7.67. The van der Waals surface area contributed by atoms with Gasteiger partial charge in [0.1, 0.15) is 12.3 Å². The molecule has 0 saturated carbocycles. The molecule has 1 N–H and O–H groups in total. The summed E-state index contributed by atoms with van der Waals surface area (Å²) in [5, 5.41) is 3.64. The Hall–Kier alpha value is -1.62. The Morgan fingerprint density at radius 3 is 3.05 bits per heavy atom. The van der Waals surface area contributed by atoms with Crippen LogP contribution in [-0.4, -0.2) is 20.6 Å². The zero-order valence-corrected chi connectivity index (χ0v) is 11.5. The van der Waals surface area contributed by atoms with Crippen molar-refractivity contribution in [2.75, 3.05) is 0 Å². The van der Waals surface area contributed by atoms with Gasteiger partial charge in [-0.1, -0.05) is 0 Å². The standard InChI is InChI=1S/C14H20N4O/c1-10-4-3-5-12(17-10)13-7-15-9-18(13)8-14-16-6-11(2)19-14/h6-7,9-10,12,17H,3-5,8H2,1-2H3. The number of hydrogen-bond donors (Lipinski definition) is 1. The van der Waals surface area contributed by atoms with E-state index in [-0.39, 0.29) is 0 Å². The molecule has 0 aliphatic carbocycles.